The lowest BCUT2D eigenvalue weighted by atomic mass is 9.92. The van der Waals surface area contributed by atoms with E-state index in [-0.39, 0.29) is 0 Å². The maximum absolute atomic E-state index is 13.6. The lowest BCUT2D eigenvalue weighted by molar-refractivity contribution is -0.342. The summed E-state index contributed by atoms with van der Waals surface area (Å²) in [5.74, 6) is -2.96. The summed E-state index contributed by atoms with van der Waals surface area (Å²) in [6.07, 6.45) is 26.9. The molecular formula is C81H134N4O21P2. The van der Waals surface area contributed by atoms with Crippen LogP contribution in [0.5, 0.6) is 0 Å². The highest BCUT2D eigenvalue weighted by atomic mass is 31.3. The molecule has 108 heavy (non-hydrogen) atoms. The van der Waals surface area contributed by atoms with Gasteiger partial charge < -0.3 is 80.3 Å². The third-order valence-electron chi connectivity index (χ3n) is 19.1. The van der Waals surface area contributed by atoms with Crippen molar-refractivity contribution in [2.45, 2.75) is 338 Å². The molecule has 3 aliphatic rings. The van der Waals surface area contributed by atoms with E-state index in [0.29, 0.717) is 12.8 Å². The van der Waals surface area contributed by atoms with Crippen LogP contribution in [-0.4, -0.2) is 171 Å². The molecule has 11 N–H and O–H groups in total. The highest BCUT2D eigenvalue weighted by Crippen LogP contribution is 2.61. The van der Waals surface area contributed by atoms with Gasteiger partial charge in [0.1, 0.15) is 60.9 Å². The smallest absolute Gasteiger partial charge is 0.394 e. The van der Waals surface area contributed by atoms with Crippen molar-refractivity contribution in [3.63, 3.8) is 0 Å². The minimum atomic E-state index is -5.72. The molecule has 0 saturated carbocycles. The summed E-state index contributed by atoms with van der Waals surface area (Å²) in [5, 5.41) is 63.9. The summed E-state index contributed by atoms with van der Waals surface area (Å²) in [6.45, 7) is 29.6. The molecule has 3 aliphatic heterocycles. The molecule has 3 saturated heterocycles. The summed E-state index contributed by atoms with van der Waals surface area (Å²) < 4.78 is 71.9. The number of nitrogens with one attached hydrogen (secondary N) is 4. The fourth-order valence-corrected chi connectivity index (χ4v) is 14.9. The number of carbonyl (C=O) groups excluding carboxylic acids is 4. The molecule has 0 radical (unpaired) electrons. The van der Waals surface area contributed by atoms with Gasteiger partial charge in [0.05, 0.1) is 32.0 Å². The number of phosphoric ester groups is 2. The van der Waals surface area contributed by atoms with E-state index in [2.05, 4.69) is 162 Å². The van der Waals surface area contributed by atoms with Gasteiger partial charge in [0.25, 0.3) is 0 Å². The van der Waals surface area contributed by atoms with Crippen molar-refractivity contribution in [3.05, 3.63) is 128 Å². The quantitative estimate of drug-likeness (QED) is 0.0199. The van der Waals surface area contributed by atoms with Gasteiger partial charge in [-0.15, -0.1) is 0 Å². The van der Waals surface area contributed by atoms with E-state index >= 15 is 0 Å². The first-order chi connectivity index (χ1) is 50.8. The summed E-state index contributed by atoms with van der Waals surface area (Å²) >= 11 is 0. The maximum atomic E-state index is 13.6. The zero-order valence-electron chi connectivity index (χ0n) is 67.5. The minimum absolute atomic E-state index is 0.509. The zero-order valence-corrected chi connectivity index (χ0v) is 69.3. The lowest BCUT2D eigenvalue weighted by Crippen LogP contribution is -2.72. The highest BCUT2D eigenvalue weighted by molar-refractivity contribution is 7.61. The number of aliphatic hydroxyl groups is 5. The fraction of sp³-hybridized carbons (Fsp3) is 0.679. The van der Waals surface area contributed by atoms with Gasteiger partial charge in [0.15, 0.2) is 18.9 Å². The van der Waals surface area contributed by atoms with Gasteiger partial charge in [-0.25, -0.2) is 9.13 Å². The number of hydrogen-bond donors (Lipinski definition) is 11. The van der Waals surface area contributed by atoms with Crippen LogP contribution in [0, 0.1) is 0 Å². The molecule has 25 nitrogen and oxygen atoms in total. The first-order valence-corrected chi connectivity index (χ1v) is 41.3. The average molecular weight is 1560 g/mol. The summed E-state index contributed by atoms with van der Waals surface area (Å²) in [5.41, 5.74) is 15.0. The number of phosphoric acid groups is 2. The first kappa shape index (κ1) is 97.1. The molecule has 0 bridgehead atoms. The predicted octanol–water partition coefficient (Wildman–Crippen LogP) is 13.5. The molecule has 3 rings (SSSR count). The van der Waals surface area contributed by atoms with Gasteiger partial charge in [-0.1, -0.05) is 128 Å². The van der Waals surface area contributed by atoms with Gasteiger partial charge in [-0.3, -0.25) is 28.2 Å². The number of allylic oxidation sites excluding steroid dienone is 21. The normalized spacial score (nSPS) is 27.4. The molecule has 0 aromatic carbocycles. The monoisotopic (exact) mass is 1560 g/mol. The maximum Gasteiger partial charge on any atom is 0.483 e. The summed E-state index contributed by atoms with van der Waals surface area (Å²) in [4.78, 5) is 72.1. The van der Waals surface area contributed by atoms with Crippen molar-refractivity contribution in [1.82, 2.24) is 21.3 Å². The Morgan fingerprint density at radius 2 is 0.657 bits per heavy atom. The highest BCUT2D eigenvalue weighted by Gasteiger charge is 2.56. The number of carbonyl (C=O) groups is 4. The first-order valence-electron chi connectivity index (χ1n) is 38.4. The van der Waals surface area contributed by atoms with Crippen LogP contribution < -0.4 is 21.3 Å². The largest absolute Gasteiger partial charge is 0.483 e. The standard InChI is InChI=1S/C81H134N4O21P2/c1-52(2)28-18-29-53(3)30-19-31-54(4)32-20-33-55(5)34-21-35-56(6)36-22-37-57(7)38-23-39-58(8)40-24-41-59(9)42-25-43-60(10)44-26-45-61(11)46-27-47-62(12)48-49-99-107(95,96)106-108(97,98)105-81-73(85-67(17)91)78(70(63(13)100-81)82-64(14)88)104-80-72(84-66(16)90)76(94)77(69(51-87)102-80)103-79-71(83-65(15)89)75(93)74(92)68(50-86)101-79/h28,30,32,34,36,38,40,42,44,46,48,63,68-81,86-87,92-94H,18-27,29,31,33,35,37,39,41,43,45,47,49-51H2,1-17H3,(H,82,88)(H,83,89)(H,84,90)(H,85,91)(H,95,96)(H,97,98)/b53-30+,54-32+,55-34+,56-36-,57-38-,58-40-,59-42-,60-44-,61-46-,62-48-/t63-,68-,69-,70-,71-,72-,73-,74+,75-,76-,77+,78+,79-,80-,81-/m1/s1. The van der Waals surface area contributed by atoms with Gasteiger partial charge in [-0.2, -0.15) is 4.31 Å². The van der Waals surface area contributed by atoms with Crippen LogP contribution in [0.1, 0.15) is 246 Å². The van der Waals surface area contributed by atoms with E-state index in [1.807, 2.05) is 0 Å². The Bertz CT molecular complexity index is 3290. The third kappa shape index (κ3) is 38.9. The number of rotatable bonds is 47. The number of aliphatic hydroxyl groups excluding tert-OH is 5. The average Bonchev–Trinajstić information content (AvgIpc) is 0.768. The van der Waals surface area contributed by atoms with Crippen molar-refractivity contribution in [3.8, 4) is 0 Å². The second-order valence-electron chi connectivity index (χ2n) is 29.8. The zero-order chi connectivity index (χ0) is 80.8. The molecule has 0 aromatic rings. The number of amides is 4. The molecule has 0 aliphatic carbocycles. The van der Waals surface area contributed by atoms with Crippen molar-refractivity contribution in [1.29, 1.82) is 0 Å². The van der Waals surface area contributed by atoms with Crippen LogP contribution in [0.25, 0.3) is 0 Å². The molecule has 3 heterocycles. The van der Waals surface area contributed by atoms with E-state index in [0.717, 1.165) is 149 Å². The van der Waals surface area contributed by atoms with Gasteiger partial charge >= 0.3 is 15.6 Å². The SMILES string of the molecule is CC(=O)N[C@H]1[C@@H](O[C@@H]2[C@@H](NC(C)=O)[C@@H](OP(=O)(O)OP(=O)(O)OC/C=C(/C)CC/C=C(/C)CC/C=C(/C)CC/C=C(/C)CC/C=C(/C)CC/C=C(/C)CC/C=C(/C)CC/C=C(\C)CC/C=C(\C)CC/C=C(\C)CCC=C(C)C)O[C@H](C)[C@H]2NC(C)=O)O[C@H](CO)[C@H](O[C@H]2O[C@H](CO)[C@H](O)[C@H](O)[C@H]2NC(C)=O)[C@@H]1O. The molecule has 27 heteroatoms. The van der Waals surface area contributed by atoms with Crippen molar-refractivity contribution in [2.75, 3.05) is 19.8 Å². The summed E-state index contributed by atoms with van der Waals surface area (Å²) in [6, 6.07) is -6.26. The van der Waals surface area contributed by atoms with E-state index in [1.165, 1.54) is 68.7 Å². The Hall–Kier alpha value is -5.12. The molecule has 0 aromatic heterocycles. The van der Waals surface area contributed by atoms with Gasteiger partial charge in [0, 0.05) is 27.7 Å². The van der Waals surface area contributed by atoms with Crippen molar-refractivity contribution >= 4 is 39.3 Å². The fourth-order valence-electron chi connectivity index (χ4n) is 12.8. The molecule has 0 spiro atoms. The second kappa shape index (κ2) is 50.8. The third-order valence-corrected chi connectivity index (χ3v) is 21.7. The van der Waals surface area contributed by atoms with Crippen LogP contribution in [0.3, 0.4) is 0 Å². The second-order valence-corrected chi connectivity index (χ2v) is 32.8. The Morgan fingerprint density at radius 3 is 0.991 bits per heavy atom. The van der Waals surface area contributed by atoms with Crippen LogP contribution in [0.15, 0.2) is 128 Å². The van der Waals surface area contributed by atoms with Crippen LogP contribution in [-0.2, 0) is 65.4 Å². The molecule has 4 amide bonds. The van der Waals surface area contributed by atoms with Crippen molar-refractivity contribution < 1.29 is 101 Å². The Labute approximate surface area is 644 Å². The van der Waals surface area contributed by atoms with Crippen LogP contribution in [0.4, 0.5) is 0 Å². The van der Waals surface area contributed by atoms with Crippen molar-refractivity contribution in [2.24, 2.45) is 0 Å². The van der Waals surface area contributed by atoms with Gasteiger partial charge in [-0.05, 0) is 218 Å². The topological polar surface area (TPSA) is 366 Å². The van der Waals surface area contributed by atoms with E-state index < -0.39 is 151 Å². The molecule has 17 atom stereocenters. The Balaban J connectivity index is 1.46. The lowest BCUT2D eigenvalue weighted by Gasteiger charge is -2.50. The molecular weight excluding hydrogens is 1430 g/mol. The van der Waals surface area contributed by atoms with Crippen LogP contribution >= 0.6 is 15.6 Å². The summed E-state index contributed by atoms with van der Waals surface area (Å²) in [7, 11) is -11.1. The molecule has 614 valence electrons. The molecule has 2 unspecified atom stereocenters. The Morgan fingerprint density at radius 1 is 0.361 bits per heavy atom. The number of ether oxygens (including phenoxy) is 5. The Kier molecular flexibility index (Phi) is 45.7. The van der Waals surface area contributed by atoms with E-state index in [1.54, 1.807) is 6.92 Å². The minimum Gasteiger partial charge on any atom is -0.394 e. The molecule has 3 fully saturated rings. The van der Waals surface area contributed by atoms with E-state index in [4.69, 9.17) is 32.7 Å². The number of hydrogen-bond acceptors (Lipinski definition) is 19. The van der Waals surface area contributed by atoms with E-state index in [9.17, 15) is 63.6 Å². The predicted molar refractivity (Wildman–Crippen MR) is 421 cm³/mol. The van der Waals surface area contributed by atoms with Gasteiger partial charge in [0.2, 0.25) is 23.6 Å². The van der Waals surface area contributed by atoms with Crippen LogP contribution in [0.2, 0.25) is 0 Å².